The summed E-state index contributed by atoms with van der Waals surface area (Å²) in [4.78, 5) is 11.6. The molecule has 6 heteroatoms. The molecule has 3 N–H and O–H groups in total. The third-order valence-electron chi connectivity index (χ3n) is 3.53. The van der Waals surface area contributed by atoms with Crippen molar-refractivity contribution in [3.8, 4) is 0 Å². The third-order valence-corrected chi connectivity index (χ3v) is 3.53. The minimum atomic E-state index is -1.35. The minimum absolute atomic E-state index is 0.0508. The molecular weight excluding hydrogens is 264 g/mol. The zero-order chi connectivity index (χ0) is 15.1. The first-order valence-corrected chi connectivity index (χ1v) is 7.30. The highest BCUT2D eigenvalue weighted by Gasteiger charge is 2.42. The van der Waals surface area contributed by atoms with Crippen molar-refractivity contribution in [2.75, 3.05) is 6.61 Å². The number of ether oxygens (including phenoxy) is 2. The van der Waals surface area contributed by atoms with E-state index in [2.05, 4.69) is 6.92 Å². The van der Waals surface area contributed by atoms with Crippen LogP contribution in [0, 0.1) is 0 Å². The number of Topliss-reactive ketones (excluding diaryl/α,β-unsaturated/α-hetero) is 1. The quantitative estimate of drug-likeness (QED) is 0.559. The lowest BCUT2D eigenvalue weighted by Crippen LogP contribution is -2.57. The van der Waals surface area contributed by atoms with E-state index < -0.39 is 30.7 Å². The van der Waals surface area contributed by atoms with Crippen LogP contribution < -0.4 is 0 Å². The zero-order valence-corrected chi connectivity index (χ0v) is 12.2. The monoisotopic (exact) mass is 290 g/mol. The van der Waals surface area contributed by atoms with Gasteiger partial charge in [-0.1, -0.05) is 26.2 Å². The molecule has 0 aliphatic carbocycles. The lowest BCUT2D eigenvalue weighted by Gasteiger charge is -2.38. The molecule has 0 amide bonds. The van der Waals surface area contributed by atoms with Crippen LogP contribution >= 0.6 is 0 Å². The summed E-state index contributed by atoms with van der Waals surface area (Å²) in [6.07, 6.45) is -1.04. The van der Waals surface area contributed by atoms with Gasteiger partial charge in [-0.15, -0.1) is 0 Å². The number of ketones is 1. The molecule has 5 atom stereocenters. The molecule has 0 radical (unpaired) electrons. The average molecular weight is 290 g/mol. The smallest absolute Gasteiger partial charge is 0.187 e. The molecule has 0 bridgehead atoms. The Morgan fingerprint density at radius 3 is 2.45 bits per heavy atom. The first-order valence-electron chi connectivity index (χ1n) is 7.30. The Balaban J connectivity index is 2.28. The highest BCUT2D eigenvalue weighted by atomic mass is 16.7. The zero-order valence-electron chi connectivity index (χ0n) is 12.2. The fourth-order valence-corrected chi connectivity index (χ4v) is 2.15. The van der Waals surface area contributed by atoms with E-state index >= 15 is 0 Å². The van der Waals surface area contributed by atoms with Crippen molar-refractivity contribution < 1.29 is 29.6 Å². The number of carbonyl (C=O) groups excluding carboxylic acids is 1. The Morgan fingerprint density at radius 2 is 1.80 bits per heavy atom. The van der Waals surface area contributed by atoms with E-state index in [1.807, 2.05) is 0 Å². The summed E-state index contributed by atoms with van der Waals surface area (Å²) in [5.41, 5.74) is 0. The van der Waals surface area contributed by atoms with Gasteiger partial charge in [0.15, 0.2) is 12.1 Å². The fraction of sp³-hybridized carbons (Fsp3) is 0.929. The van der Waals surface area contributed by atoms with E-state index in [9.17, 15) is 20.1 Å². The highest BCUT2D eigenvalue weighted by Crippen LogP contribution is 2.21. The van der Waals surface area contributed by atoms with Crippen molar-refractivity contribution in [3.05, 3.63) is 0 Å². The second-order valence-electron chi connectivity index (χ2n) is 5.34. The van der Waals surface area contributed by atoms with Gasteiger partial charge in [0.25, 0.3) is 0 Å². The van der Waals surface area contributed by atoms with Crippen LogP contribution in [-0.2, 0) is 14.3 Å². The van der Waals surface area contributed by atoms with E-state index in [1.54, 1.807) is 6.92 Å². The molecule has 1 aliphatic rings. The maximum absolute atomic E-state index is 11.6. The second-order valence-corrected chi connectivity index (χ2v) is 5.34. The predicted octanol–water partition coefficient (Wildman–Crippen LogP) is 0.370. The number of hydrogen-bond acceptors (Lipinski definition) is 6. The van der Waals surface area contributed by atoms with Gasteiger partial charge in [0.05, 0.1) is 6.10 Å². The summed E-state index contributed by atoms with van der Waals surface area (Å²) in [5, 5.41) is 28.8. The SMILES string of the molecule is CCCCCCC(=O)CO[C@@H]1O[C@@H](C)[C@@H](O)[C@@H](O)[C@@H]1O. The Hall–Kier alpha value is -0.530. The molecule has 118 valence electrons. The molecule has 6 nitrogen and oxygen atoms in total. The maximum atomic E-state index is 11.6. The predicted molar refractivity (Wildman–Crippen MR) is 72.1 cm³/mol. The lowest BCUT2D eigenvalue weighted by atomic mass is 10.00. The number of unbranched alkanes of at least 4 members (excludes halogenated alkanes) is 3. The highest BCUT2D eigenvalue weighted by molar-refractivity contribution is 5.79. The van der Waals surface area contributed by atoms with Gasteiger partial charge in [-0.25, -0.2) is 0 Å². The number of hydrogen-bond donors (Lipinski definition) is 3. The van der Waals surface area contributed by atoms with Gasteiger partial charge in [-0.3, -0.25) is 4.79 Å². The molecular formula is C14H26O6. The molecule has 20 heavy (non-hydrogen) atoms. The number of rotatable bonds is 8. The first kappa shape index (κ1) is 17.5. The summed E-state index contributed by atoms with van der Waals surface area (Å²) in [6, 6.07) is 0. The topological polar surface area (TPSA) is 96.2 Å². The summed E-state index contributed by atoms with van der Waals surface area (Å²) >= 11 is 0. The van der Waals surface area contributed by atoms with E-state index in [-0.39, 0.29) is 12.4 Å². The molecule has 1 saturated heterocycles. The van der Waals surface area contributed by atoms with Crippen molar-refractivity contribution in [1.29, 1.82) is 0 Å². The van der Waals surface area contributed by atoms with Crippen LogP contribution in [0.4, 0.5) is 0 Å². The third kappa shape index (κ3) is 5.10. The van der Waals surface area contributed by atoms with Crippen molar-refractivity contribution in [3.63, 3.8) is 0 Å². The Morgan fingerprint density at radius 1 is 1.10 bits per heavy atom. The molecule has 1 aliphatic heterocycles. The van der Waals surface area contributed by atoms with Gasteiger partial charge in [0.2, 0.25) is 0 Å². The molecule has 0 saturated carbocycles. The van der Waals surface area contributed by atoms with Gasteiger partial charge in [0, 0.05) is 6.42 Å². The fourth-order valence-electron chi connectivity index (χ4n) is 2.15. The maximum Gasteiger partial charge on any atom is 0.187 e. The van der Waals surface area contributed by atoms with Crippen LogP contribution in [0.25, 0.3) is 0 Å². The number of aliphatic hydroxyl groups is 3. The average Bonchev–Trinajstić information content (AvgIpc) is 2.43. The van der Waals surface area contributed by atoms with Gasteiger partial charge in [-0.2, -0.15) is 0 Å². The van der Waals surface area contributed by atoms with Gasteiger partial charge in [-0.05, 0) is 13.3 Å². The molecule has 1 heterocycles. The van der Waals surface area contributed by atoms with Crippen molar-refractivity contribution >= 4 is 5.78 Å². The van der Waals surface area contributed by atoms with Crippen LogP contribution in [0.1, 0.15) is 46.0 Å². The van der Waals surface area contributed by atoms with Crippen molar-refractivity contribution in [2.24, 2.45) is 0 Å². The molecule has 0 aromatic heterocycles. The number of aliphatic hydroxyl groups excluding tert-OH is 3. The summed E-state index contributed by atoms with van der Waals surface area (Å²) < 4.78 is 10.5. The van der Waals surface area contributed by atoms with Gasteiger partial charge < -0.3 is 24.8 Å². The van der Waals surface area contributed by atoms with E-state index in [0.29, 0.717) is 6.42 Å². The van der Waals surface area contributed by atoms with Crippen LogP contribution in [-0.4, -0.2) is 58.4 Å². The summed E-state index contributed by atoms with van der Waals surface area (Å²) in [5.74, 6) is -0.0508. The minimum Gasteiger partial charge on any atom is -0.388 e. The van der Waals surface area contributed by atoms with Crippen molar-refractivity contribution in [2.45, 2.75) is 76.7 Å². The molecule has 0 aromatic rings. The van der Waals surface area contributed by atoms with Crippen LogP contribution in [0.2, 0.25) is 0 Å². The Kier molecular flexibility index (Phi) is 7.61. The Labute approximate surface area is 119 Å². The standard InChI is InChI=1S/C14H26O6/c1-3-4-5-6-7-10(15)8-19-14-13(18)12(17)11(16)9(2)20-14/h9,11-14,16-18H,3-8H2,1-2H3/t9-,11+,12+,13-,14+/m0/s1. The molecule has 1 fully saturated rings. The normalized spacial score (nSPS) is 34.1. The second kappa shape index (κ2) is 8.69. The molecule has 0 aromatic carbocycles. The van der Waals surface area contributed by atoms with Crippen LogP contribution in [0.5, 0.6) is 0 Å². The molecule has 0 unspecified atom stereocenters. The van der Waals surface area contributed by atoms with Crippen LogP contribution in [0.3, 0.4) is 0 Å². The summed E-state index contributed by atoms with van der Waals surface area (Å²) in [6.45, 7) is 3.53. The van der Waals surface area contributed by atoms with Gasteiger partial charge >= 0.3 is 0 Å². The van der Waals surface area contributed by atoms with Gasteiger partial charge in [0.1, 0.15) is 24.9 Å². The first-order chi connectivity index (χ1) is 9.47. The Bertz CT molecular complexity index is 295. The van der Waals surface area contributed by atoms with Crippen molar-refractivity contribution in [1.82, 2.24) is 0 Å². The molecule has 1 rings (SSSR count). The molecule has 0 spiro atoms. The van der Waals surface area contributed by atoms with E-state index in [4.69, 9.17) is 9.47 Å². The van der Waals surface area contributed by atoms with E-state index in [1.165, 1.54) is 0 Å². The van der Waals surface area contributed by atoms with Crippen LogP contribution in [0.15, 0.2) is 0 Å². The van der Waals surface area contributed by atoms with E-state index in [0.717, 1.165) is 25.7 Å². The largest absolute Gasteiger partial charge is 0.388 e. The lowest BCUT2D eigenvalue weighted by molar-refractivity contribution is -0.291. The summed E-state index contributed by atoms with van der Waals surface area (Å²) in [7, 11) is 0. The number of carbonyl (C=O) groups is 1.